The van der Waals surface area contributed by atoms with Gasteiger partial charge >= 0.3 is 6.03 Å². The molecule has 5 atom stereocenters. The first-order valence-electron chi connectivity index (χ1n) is 8.30. The van der Waals surface area contributed by atoms with Gasteiger partial charge < -0.3 is 20.3 Å². The van der Waals surface area contributed by atoms with Gasteiger partial charge in [0.1, 0.15) is 12.2 Å². The lowest BCUT2D eigenvalue weighted by Gasteiger charge is -2.37. The monoisotopic (exact) mass is 377 g/mol. The van der Waals surface area contributed by atoms with E-state index >= 15 is 0 Å². The standard InChI is InChI=1S/C18H20FN3O5/c1-10-14(24)15(25)16(27-10)22-9-12(19)18(20,21-17(22)26)13(23)8-7-11-5-3-2-4-6-11/h2-10,14-16,24-25H,20H2,1H3,(H,21,26)/t10-,14-,15-,16-,18?/m1/s1. The van der Waals surface area contributed by atoms with Crippen molar-refractivity contribution in [1.29, 1.82) is 0 Å². The number of hydrogen-bond donors (Lipinski definition) is 4. The normalized spacial score (nSPS) is 33.9. The minimum absolute atomic E-state index is 0.700. The summed E-state index contributed by atoms with van der Waals surface area (Å²) in [6.45, 7) is 1.50. The van der Waals surface area contributed by atoms with E-state index in [0.717, 1.165) is 11.0 Å². The summed E-state index contributed by atoms with van der Waals surface area (Å²) in [4.78, 5) is 25.5. The molecule has 2 aliphatic heterocycles. The third-order valence-electron chi connectivity index (χ3n) is 4.53. The number of amides is 2. The molecule has 8 nitrogen and oxygen atoms in total. The van der Waals surface area contributed by atoms with Gasteiger partial charge in [-0.3, -0.25) is 15.4 Å². The summed E-state index contributed by atoms with van der Waals surface area (Å²) in [7, 11) is 0. The van der Waals surface area contributed by atoms with E-state index in [1.807, 2.05) is 0 Å². The highest BCUT2D eigenvalue weighted by Gasteiger charge is 2.50. The van der Waals surface area contributed by atoms with E-state index in [4.69, 9.17) is 10.5 Å². The minimum Gasteiger partial charge on any atom is -0.388 e. The van der Waals surface area contributed by atoms with Crippen molar-refractivity contribution in [2.45, 2.75) is 37.1 Å². The van der Waals surface area contributed by atoms with Crippen molar-refractivity contribution >= 4 is 17.9 Å². The van der Waals surface area contributed by atoms with Crippen LogP contribution in [0.3, 0.4) is 0 Å². The lowest BCUT2D eigenvalue weighted by Crippen LogP contribution is -2.67. The van der Waals surface area contributed by atoms with Crippen molar-refractivity contribution in [3.63, 3.8) is 0 Å². The zero-order chi connectivity index (χ0) is 19.8. The maximum Gasteiger partial charge on any atom is 0.325 e. The van der Waals surface area contributed by atoms with Crippen molar-refractivity contribution in [3.8, 4) is 0 Å². The highest BCUT2D eigenvalue weighted by molar-refractivity contribution is 6.05. The van der Waals surface area contributed by atoms with Gasteiger partial charge in [0.25, 0.3) is 0 Å². The Hall–Kier alpha value is -2.59. The van der Waals surface area contributed by atoms with Crippen molar-refractivity contribution in [2.75, 3.05) is 0 Å². The first-order valence-corrected chi connectivity index (χ1v) is 8.30. The highest BCUT2D eigenvalue weighted by atomic mass is 19.1. The summed E-state index contributed by atoms with van der Waals surface area (Å²) < 4.78 is 19.9. The molecule has 0 saturated carbocycles. The van der Waals surface area contributed by atoms with Gasteiger partial charge in [0.05, 0.1) is 6.10 Å². The number of hydrogen-bond acceptors (Lipinski definition) is 6. The Morgan fingerprint density at radius 3 is 2.59 bits per heavy atom. The number of aliphatic hydroxyl groups is 2. The summed E-state index contributed by atoms with van der Waals surface area (Å²) in [6, 6.07) is 7.89. The molecule has 0 aromatic heterocycles. The molecule has 3 rings (SSSR count). The second-order valence-corrected chi connectivity index (χ2v) is 6.44. The molecule has 2 amide bonds. The van der Waals surface area contributed by atoms with E-state index < -0.39 is 47.8 Å². The Morgan fingerprint density at radius 2 is 2.00 bits per heavy atom. The predicted molar refractivity (Wildman–Crippen MR) is 93.3 cm³/mol. The molecule has 27 heavy (non-hydrogen) atoms. The first kappa shape index (κ1) is 19.2. The van der Waals surface area contributed by atoms with Crippen LogP contribution in [0.2, 0.25) is 0 Å². The lowest BCUT2D eigenvalue weighted by atomic mass is 10.0. The summed E-state index contributed by atoms with van der Waals surface area (Å²) in [6.07, 6.45) is -1.51. The summed E-state index contributed by atoms with van der Waals surface area (Å²) in [5.41, 5.74) is 4.13. The summed E-state index contributed by atoms with van der Waals surface area (Å²) in [5, 5.41) is 21.8. The van der Waals surface area contributed by atoms with Crippen LogP contribution in [0.25, 0.3) is 6.08 Å². The molecule has 0 bridgehead atoms. The van der Waals surface area contributed by atoms with Crippen molar-refractivity contribution in [1.82, 2.24) is 10.2 Å². The summed E-state index contributed by atoms with van der Waals surface area (Å²) in [5.74, 6) is -2.00. The number of urea groups is 1. The minimum atomic E-state index is -2.37. The molecular weight excluding hydrogens is 357 g/mol. The third-order valence-corrected chi connectivity index (χ3v) is 4.53. The molecule has 1 fully saturated rings. The van der Waals surface area contributed by atoms with Crippen LogP contribution in [0.1, 0.15) is 12.5 Å². The number of aliphatic hydroxyl groups excluding tert-OH is 2. The molecule has 144 valence electrons. The van der Waals surface area contributed by atoms with Crippen LogP contribution in [-0.2, 0) is 9.53 Å². The smallest absolute Gasteiger partial charge is 0.325 e. The quantitative estimate of drug-likeness (QED) is 0.557. The fraction of sp³-hybridized carbons (Fsp3) is 0.333. The molecular formula is C18H20FN3O5. The Kier molecular flexibility index (Phi) is 5.11. The van der Waals surface area contributed by atoms with E-state index in [1.165, 1.54) is 13.0 Å². The molecule has 0 spiro atoms. The van der Waals surface area contributed by atoms with E-state index in [9.17, 15) is 24.2 Å². The van der Waals surface area contributed by atoms with Gasteiger partial charge in [-0.2, -0.15) is 0 Å². The molecule has 1 unspecified atom stereocenters. The maximum absolute atomic E-state index is 14.6. The molecule has 1 aromatic rings. The lowest BCUT2D eigenvalue weighted by molar-refractivity contribution is -0.120. The number of nitrogens with zero attached hydrogens (tertiary/aromatic N) is 1. The van der Waals surface area contributed by atoms with Gasteiger partial charge in [-0.25, -0.2) is 9.18 Å². The molecule has 9 heteroatoms. The van der Waals surface area contributed by atoms with Crippen LogP contribution in [0, 0.1) is 0 Å². The fourth-order valence-corrected chi connectivity index (χ4v) is 2.87. The van der Waals surface area contributed by atoms with Crippen LogP contribution in [0.4, 0.5) is 9.18 Å². The van der Waals surface area contributed by atoms with Crippen molar-refractivity contribution in [2.24, 2.45) is 5.73 Å². The Morgan fingerprint density at radius 1 is 1.33 bits per heavy atom. The molecule has 2 aliphatic rings. The van der Waals surface area contributed by atoms with Crippen molar-refractivity contribution < 1.29 is 28.9 Å². The number of benzene rings is 1. The van der Waals surface area contributed by atoms with E-state index in [2.05, 4.69) is 5.32 Å². The molecule has 1 saturated heterocycles. The zero-order valence-corrected chi connectivity index (χ0v) is 14.4. The second-order valence-electron chi connectivity index (χ2n) is 6.44. The molecule has 0 aliphatic carbocycles. The molecule has 1 aromatic carbocycles. The Balaban J connectivity index is 1.81. The third kappa shape index (κ3) is 3.50. The average molecular weight is 377 g/mol. The number of ketones is 1. The van der Waals surface area contributed by atoms with Crippen molar-refractivity contribution in [3.05, 3.63) is 54.0 Å². The van der Waals surface area contributed by atoms with Crippen LogP contribution in [-0.4, -0.2) is 57.1 Å². The van der Waals surface area contributed by atoms with Gasteiger partial charge in [0, 0.05) is 6.20 Å². The SMILES string of the molecule is C[C@H]1O[C@@H](N2C=C(F)C(N)(C(=O)C=Cc3ccccc3)NC2=O)[C@H](O)[C@@H]1O. The van der Waals surface area contributed by atoms with Crippen LogP contribution in [0.15, 0.2) is 48.4 Å². The van der Waals surface area contributed by atoms with E-state index in [1.54, 1.807) is 30.3 Å². The second kappa shape index (κ2) is 7.20. The highest BCUT2D eigenvalue weighted by Crippen LogP contribution is 2.29. The average Bonchev–Trinajstić information content (AvgIpc) is 2.90. The van der Waals surface area contributed by atoms with Gasteiger partial charge in [-0.05, 0) is 18.6 Å². The van der Waals surface area contributed by atoms with Gasteiger partial charge in [0.15, 0.2) is 12.1 Å². The Labute approximate surface area is 154 Å². The number of nitrogens with one attached hydrogen (secondary N) is 1. The molecule has 2 heterocycles. The largest absolute Gasteiger partial charge is 0.388 e. The first-order chi connectivity index (χ1) is 12.7. The van der Waals surface area contributed by atoms with Gasteiger partial charge in [0.2, 0.25) is 11.4 Å². The van der Waals surface area contributed by atoms with Crippen LogP contribution >= 0.6 is 0 Å². The van der Waals surface area contributed by atoms with Gasteiger partial charge in [-0.15, -0.1) is 0 Å². The summed E-state index contributed by atoms with van der Waals surface area (Å²) >= 11 is 0. The van der Waals surface area contributed by atoms with E-state index in [0.29, 0.717) is 11.8 Å². The topological polar surface area (TPSA) is 125 Å². The number of ether oxygens (including phenoxy) is 1. The van der Waals surface area contributed by atoms with Gasteiger partial charge in [-0.1, -0.05) is 36.4 Å². The molecule has 5 N–H and O–H groups in total. The number of rotatable bonds is 4. The number of carbonyl (C=O) groups excluding carboxylic acids is 2. The fourth-order valence-electron chi connectivity index (χ4n) is 2.87. The predicted octanol–water partition coefficient (Wildman–Crippen LogP) is 0.227. The number of carbonyl (C=O) groups is 2. The maximum atomic E-state index is 14.6. The Bertz CT molecular complexity index is 799. The zero-order valence-electron chi connectivity index (χ0n) is 14.4. The number of halogens is 1. The number of nitrogens with two attached hydrogens (primary N) is 1. The van der Waals surface area contributed by atoms with Crippen LogP contribution < -0.4 is 11.1 Å². The van der Waals surface area contributed by atoms with E-state index in [-0.39, 0.29) is 0 Å². The molecule has 0 radical (unpaired) electrons. The van der Waals surface area contributed by atoms with Crippen LogP contribution in [0.5, 0.6) is 0 Å².